The van der Waals surface area contributed by atoms with Crippen LogP contribution in [0.2, 0.25) is 0 Å². The zero-order valence-electron chi connectivity index (χ0n) is 16.1. The summed E-state index contributed by atoms with van der Waals surface area (Å²) in [5, 5.41) is 18.3. The first-order valence-corrected chi connectivity index (χ1v) is 9.80. The Kier molecular flexibility index (Phi) is 6.85. The molecule has 1 aromatic carbocycles. The van der Waals surface area contributed by atoms with Gasteiger partial charge in [0.15, 0.2) is 0 Å². The monoisotopic (exact) mass is 360 g/mol. The van der Waals surface area contributed by atoms with Crippen LogP contribution >= 0.6 is 0 Å². The van der Waals surface area contributed by atoms with Crippen molar-refractivity contribution in [3.05, 3.63) is 35.4 Å². The van der Waals surface area contributed by atoms with Gasteiger partial charge in [-0.15, -0.1) is 0 Å². The zero-order valence-corrected chi connectivity index (χ0v) is 16.1. The summed E-state index contributed by atoms with van der Waals surface area (Å²) in [6.07, 6.45) is 9.15. The van der Waals surface area contributed by atoms with Crippen LogP contribution in [0.5, 0.6) is 0 Å². The van der Waals surface area contributed by atoms with Crippen LogP contribution in [0.25, 0.3) is 0 Å². The summed E-state index contributed by atoms with van der Waals surface area (Å²) in [7, 11) is 0. The highest BCUT2D eigenvalue weighted by Gasteiger charge is 2.49. The predicted molar refractivity (Wildman–Crippen MR) is 102 cm³/mol. The lowest BCUT2D eigenvalue weighted by Gasteiger charge is -2.18. The van der Waals surface area contributed by atoms with Gasteiger partial charge in [-0.25, -0.2) is 0 Å². The Morgan fingerprint density at radius 3 is 1.85 bits per heavy atom. The lowest BCUT2D eigenvalue weighted by atomic mass is 9.87. The molecule has 1 aliphatic carbocycles. The van der Waals surface area contributed by atoms with Gasteiger partial charge in [0.25, 0.3) is 0 Å². The van der Waals surface area contributed by atoms with Gasteiger partial charge in [-0.05, 0) is 76.3 Å². The molecule has 0 aromatic heterocycles. The molecule has 0 aliphatic heterocycles. The van der Waals surface area contributed by atoms with Crippen molar-refractivity contribution in [2.75, 3.05) is 0 Å². The third-order valence-electron chi connectivity index (χ3n) is 5.80. The first-order valence-electron chi connectivity index (χ1n) is 9.80. The van der Waals surface area contributed by atoms with Crippen LogP contribution in [0.3, 0.4) is 0 Å². The van der Waals surface area contributed by atoms with Gasteiger partial charge in [-0.3, -0.25) is 9.59 Å². The first-order chi connectivity index (χ1) is 12.3. The van der Waals surface area contributed by atoms with Crippen LogP contribution < -0.4 is 0 Å². The van der Waals surface area contributed by atoms with Crippen molar-refractivity contribution in [3.8, 4) is 0 Å². The number of rotatable bonds is 12. The number of aliphatic carboxylic acids is 2. The van der Waals surface area contributed by atoms with Crippen LogP contribution in [0, 0.1) is 10.8 Å². The van der Waals surface area contributed by atoms with Gasteiger partial charge in [0, 0.05) is 0 Å². The van der Waals surface area contributed by atoms with E-state index in [9.17, 15) is 14.7 Å². The van der Waals surface area contributed by atoms with Gasteiger partial charge in [-0.2, -0.15) is 0 Å². The first kappa shape index (κ1) is 20.5. The average molecular weight is 360 g/mol. The van der Waals surface area contributed by atoms with E-state index >= 15 is 0 Å². The van der Waals surface area contributed by atoms with Crippen LogP contribution in [0.1, 0.15) is 76.3 Å². The van der Waals surface area contributed by atoms with E-state index in [2.05, 4.69) is 24.3 Å². The standard InChI is InChI=1S/C22H32O4/c1-21(2,19(23)24)13-5-3-7-17-9-11-18(12-10-17)8-4-6-14-22(15-16-22)20(25)26/h9-12H,3-8,13-16H2,1-2H3,(H,23,24)(H,25,26). The van der Waals surface area contributed by atoms with Gasteiger partial charge in [0.2, 0.25) is 0 Å². The van der Waals surface area contributed by atoms with E-state index in [0.717, 1.165) is 57.8 Å². The second-order valence-corrected chi connectivity index (χ2v) is 8.51. The third-order valence-corrected chi connectivity index (χ3v) is 5.80. The molecule has 0 heterocycles. The Labute approximate surface area is 156 Å². The Bertz CT molecular complexity index is 569. The Morgan fingerprint density at radius 2 is 1.42 bits per heavy atom. The fraction of sp³-hybridized carbons (Fsp3) is 0.636. The molecule has 0 saturated heterocycles. The molecule has 4 heteroatoms. The van der Waals surface area contributed by atoms with E-state index in [1.54, 1.807) is 13.8 Å². The Hall–Kier alpha value is -1.84. The molecule has 2 rings (SSSR count). The van der Waals surface area contributed by atoms with E-state index in [0.29, 0.717) is 6.42 Å². The van der Waals surface area contributed by atoms with Gasteiger partial charge in [-0.1, -0.05) is 37.1 Å². The normalized spacial score (nSPS) is 15.6. The molecule has 1 fully saturated rings. The smallest absolute Gasteiger partial charge is 0.309 e. The number of hydrogen-bond acceptors (Lipinski definition) is 2. The van der Waals surface area contributed by atoms with E-state index in [1.807, 2.05) is 0 Å². The quantitative estimate of drug-likeness (QED) is 0.509. The van der Waals surface area contributed by atoms with Gasteiger partial charge in [0.1, 0.15) is 0 Å². The third kappa shape index (κ3) is 5.86. The highest BCUT2D eigenvalue weighted by molar-refractivity contribution is 5.77. The van der Waals surface area contributed by atoms with Crippen LogP contribution in [0.4, 0.5) is 0 Å². The molecular weight excluding hydrogens is 328 g/mol. The number of unbranched alkanes of at least 4 members (excludes halogenated alkanes) is 2. The minimum atomic E-state index is -0.724. The van der Waals surface area contributed by atoms with Crippen molar-refractivity contribution >= 4 is 11.9 Å². The van der Waals surface area contributed by atoms with Gasteiger partial charge < -0.3 is 10.2 Å². The maximum absolute atomic E-state index is 11.2. The molecular formula is C22H32O4. The van der Waals surface area contributed by atoms with Crippen LogP contribution in [-0.4, -0.2) is 22.2 Å². The maximum atomic E-state index is 11.2. The fourth-order valence-electron chi connectivity index (χ4n) is 3.39. The molecule has 0 atom stereocenters. The van der Waals surface area contributed by atoms with Crippen molar-refractivity contribution in [1.29, 1.82) is 0 Å². The molecule has 144 valence electrons. The van der Waals surface area contributed by atoms with Crippen molar-refractivity contribution < 1.29 is 19.8 Å². The summed E-state index contributed by atoms with van der Waals surface area (Å²) >= 11 is 0. The number of benzene rings is 1. The molecule has 0 amide bonds. The second kappa shape index (κ2) is 8.70. The van der Waals surface area contributed by atoms with E-state index in [4.69, 9.17) is 5.11 Å². The highest BCUT2D eigenvalue weighted by Crippen LogP contribution is 2.50. The zero-order chi connectivity index (χ0) is 19.2. The lowest BCUT2D eigenvalue weighted by molar-refractivity contribution is -0.147. The van der Waals surface area contributed by atoms with E-state index in [1.165, 1.54) is 11.1 Å². The molecule has 4 nitrogen and oxygen atoms in total. The summed E-state index contributed by atoms with van der Waals surface area (Å²) in [5.41, 5.74) is 1.58. The lowest BCUT2D eigenvalue weighted by Crippen LogP contribution is -2.23. The Balaban J connectivity index is 1.63. The Morgan fingerprint density at radius 1 is 0.923 bits per heavy atom. The van der Waals surface area contributed by atoms with Crippen LogP contribution in [-0.2, 0) is 22.4 Å². The molecule has 0 unspecified atom stereocenters. The largest absolute Gasteiger partial charge is 0.481 e. The molecule has 0 bridgehead atoms. The molecule has 1 aromatic rings. The molecule has 0 spiro atoms. The SMILES string of the molecule is CC(C)(CCCCc1ccc(CCCCC2(C(=O)O)CC2)cc1)C(=O)O. The highest BCUT2D eigenvalue weighted by atomic mass is 16.4. The minimum Gasteiger partial charge on any atom is -0.481 e. The van der Waals surface area contributed by atoms with Crippen molar-refractivity contribution in [2.24, 2.45) is 10.8 Å². The predicted octanol–water partition coefficient (Wildman–Crippen LogP) is 5.09. The van der Waals surface area contributed by atoms with Crippen molar-refractivity contribution in [3.63, 3.8) is 0 Å². The number of aryl methyl sites for hydroxylation is 2. The fourth-order valence-corrected chi connectivity index (χ4v) is 3.39. The second-order valence-electron chi connectivity index (χ2n) is 8.51. The van der Waals surface area contributed by atoms with Gasteiger partial charge in [0.05, 0.1) is 10.8 Å². The topological polar surface area (TPSA) is 74.6 Å². The number of hydrogen-bond donors (Lipinski definition) is 2. The summed E-state index contributed by atoms with van der Waals surface area (Å²) in [6.45, 7) is 3.57. The summed E-state index contributed by atoms with van der Waals surface area (Å²) in [4.78, 5) is 22.2. The number of carbonyl (C=O) groups is 2. The molecule has 1 aliphatic rings. The number of carboxylic acid groups (broad SMARTS) is 2. The molecule has 1 saturated carbocycles. The van der Waals surface area contributed by atoms with Gasteiger partial charge >= 0.3 is 11.9 Å². The van der Waals surface area contributed by atoms with E-state index < -0.39 is 17.4 Å². The maximum Gasteiger partial charge on any atom is 0.309 e. The summed E-state index contributed by atoms with van der Waals surface area (Å²) in [5.74, 6) is -1.34. The van der Waals surface area contributed by atoms with Crippen LogP contribution in [0.15, 0.2) is 24.3 Å². The minimum absolute atomic E-state index is 0.390. The summed E-state index contributed by atoms with van der Waals surface area (Å²) < 4.78 is 0. The molecule has 26 heavy (non-hydrogen) atoms. The molecule has 2 N–H and O–H groups in total. The van der Waals surface area contributed by atoms with Crippen molar-refractivity contribution in [1.82, 2.24) is 0 Å². The van der Waals surface area contributed by atoms with Crippen molar-refractivity contribution in [2.45, 2.75) is 78.1 Å². The summed E-state index contributed by atoms with van der Waals surface area (Å²) in [6, 6.07) is 8.66. The van der Waals surface area contributed by atoms with E-state index in [-0.39, 0.29) is 5.41 Å². The number of carboxylic acids is 2. The molecule has 0 radical (unpaired) electrons. The average Bonchev–Trinajstić information content (AvgIpc) is 3.38.